The zero-order chi connectivity index (χ0) is 47.2. The van der Waals surface area contributed by atoms with E-state index < -0.39 is 47.3 Å². The number of carbonyl (C=O) groups is 6. The number of azo groups is 2. The molecule has 0 bridgehead atoms. The van der Waals surface area contributed by atoms with Crippen LogP contribution in [-0.2, 0) is 19.2 Å². The van der Waals surface area contributed by atoms with Gasteiger partial charge in [0.1, 0.15) is 0 Å². The highest BCUT2D eigenvalue weighted by molar-refractivity contribution is 6.46. The lowest BCUT2D eigenvalue weighted by Crippen LogP contribution is -2.33. The highest BCUT2D eigenvalue weighted by Crippen LogP contribution is 2.36. The predicted molar refractivity (Wildman–Crippen MR) is 253 cm³/mol. The van der Waals surface area contributed by atoms with E-state index >= 15 is 0 Å². The van der Waals surface area contributed by atoms with Crippen molar-refractivity contribution in [3.63, 3.8) is 0 Å². The van der Waals surface area contributed by atoms with Crippen molar-refractivity contribution in [1.29, 1.82) is 0 Å². The molecule has 4 N–H and O–H groups in total. The second-order valence-electron chi connectivity index (χ2n) is 13.6. The van der Waals surface area contributed by atoms with Crippen molar-refractivity contribution in [1.82, 2.24) is 0 Å². The maximum Gasteiger partial charge on any atom is 0.258 e. The van der Waals surface area contributed by atoms with E-state index in [0.717, 1.165) is 13.8 Å². The molecule has 22 heteroatoms. The van der Waals surface area contributed by atoms with Gasteiger partial charge in [0.2, 0.25) is 12.1 Å². The number of amides is 4. The van der Waals surface area contributed by atoms with Gasteiger partial charge in [-0.15, -0.1) is 0 Å². The van der Waals surface area contributed by atoms with Crippen molar-refractivity contribution in [2.45, 2.75) is 39.8 Å². The van der Waals surface area contributed by atoms with E-state index in [-0.39, 0.29) is 85.4 Å². The number of halogens is 8. The van der Waals surface area contributed by atoms with Crippen LogP contribution in [0.25, 0.3) is 0 Å². The Bertz CT molecular complexity index is 2630. The number of hydrogen-bond acceptors (Lipinski definition) is 10. The maximum absolute atomic E-state index is 13.4. The molecule has 2 unspecified atom stereocenters. The number of nitrogens with zero attached hydrogens (tertiary/aromatic N) is 4. The van der Waals surface area contributed by atoms with Gasteiger partial charge in [0.25, 0.3) is 23.6 Å². The molecule has 0 aliphatic carbocycles. The summed E-state index contributed by atoms with van der Waals surface area (Å²) in [6.07, 6.45) is 0. The van der Waals surface area contributed by atoms with E-state index in [1.807, 2.05) is 0 Å². The highest BCUT2D eigenvalue weighted by Gasteiger charge is 2.27. The lowest BCUT2D eigenvalue weighted by molar-refractivity contribution is -0.127. The summed E-state index contributed by atoms with van der Waals surface area (Å²) in [6.45, 7) is 5.60. The fraction of sp³-hybridized carbons (Fsp3) is 0.143. The first-order valence-electron chi connectivity index (χ1n) is 18.2. The summed E-state index contributed by atoms with van der Waals surface area (Å²) in [5.41, 5.74) is 1.99. The minimum Gasteiger partial charge on any atom is -0.324 e. The molecule has 0 radical (unpaired) electrons. The average molecular weight is 1030 g/mol. The summed E-state index contributed by atoms with van der Waals surface area (Å²) in [5.74, 6) is -4.26. The van der Waals surface area contributed by atoms with E-state index in [2.05, 4.69) is 41.7 Å². The molecule has 5 aromatic rings. The number of ketones is 2. The fourth-order valence-corrected chi connectivity index (χ4v) is 7.35. The van der Waals surface area contributed by atoms with Crippen LogP contribution in [0.15, 0.2) is 93.3 Å². The van der Waals surface area contributed by atoms with Crippen LogP contribution in [0.5, 0.6) is 0 Å². The monoisotopic (exact) mass is 1020 g/mol. The maximum atomic E-state index is 13.4. The molecule has 5 aromatic carbocycles. The van der Waals surface area contributed by atoms with Crippen LogP contribution in [0.4, 0.5) is 34.1 Å². The minimum atomic E-state index is -1.62. The Kier molecular flexibility index (Phi) is 16.9. The Morgan fingerprint density at radius 1 is 0.453 bits per heavy atom. The van der Waals surface area contributed by atoms with Crippen LogP contribution in [-0.4, -0.2) is 47.3 Å². The first-order valence-corrected chi connectivity index (χ1v) is 21.2. The summed E-state index contributed by atoms with van der Waals surface area (Å²) < 4.78 is 0. The van der Waals surface area contributed by atoms with Gasteiger partial charge in [0.15, 0.2) is 11.6 Å². The molecule has 330 valence electrons. The first kappa shape index (κ1) is 49.8. The molecule has 0 aromatic heterocycles. The van der Waals surface area contributed by atoms with Gasteiger partial charge in [-0.1, -0.05) is 92.8 Å². The first-order chi connectivity index (χ1) is 30.1. The Hall–Kier alpha value is -5.16. The van der Waals surface area contributed by atoms with E-state index in [9.17, 15) is 28.8 Å². The lowest BCUT2D eigenvalue weighted by atomic mass is 10.0. The third-order valence-corrected chi connectivity index (χ3v) is 11.4. The Labute approximate surface area is 405 Å². The Morgan fingerprint density at radius 3 is 1.14 bits per heavy atom. The summed E-state index contributed by atoms with van der Waals surface area (Å²) in [6, 6.07) is 13.4. The number of benzene rings is 5. The third-order valence-electron chi connectivity index (χ3n) is 8.92. The van der Waals surface area contributed by atoms with Gasteiger partial charge >= 0.3 is 0 Å². The summed E-state index contributed by atoms with van der Waals surface area (Å²) in [7, 11) is 0. The van der Waals surface area contributed by atoms with Crippen molar-refractivity contribution >= 4 is 162 Å². The van der Waals surface area contributed by atoms with E-state index in [4.69, 9.17) is 92.8 Å². The molecule has 0 fully saturated rings. The third kappa shape index (κ3) is 12.8. The van der Waals surface area contributed by atoms with Gasteiger partial charge in [-0.05, 0) is 112 Å². The molecular formula is C42H30Cl8N8O6. The zero-order valence-electron chi connectivity index (χ0n) is 33.3. The predicted octanol–water partition coefficient (Wildman–Crippen LogP) is 13.4. The van der Waals surface area contributed by atoms with Crippen LogP contribution in [0, 0.1) is 13.8 Å². The van der Waals surface area contributed by atoms with Gasteiger partial charge in [-0.2, -0.15) is 20.5 Å². The van der Waals surface area contributed by atoms with Crippen LogP contribution in [0.1, 0.15) is 45.7 Å². The molecule has 0 saturated carbocycles. The molecule has 0 heterocycles. The number of rotatable bonds is 14. The number of anilines is 4. The molecule has 4 amide bonds. The molecule has 0 spiro atoms. The summed E-state index contributed by atoms with van der Waals surface area (Å²) in [5, 5.41) is 27.5. The minimum absolute atomic E-state index is 0.0402. The van der Waals surface area contributed by atoms with E-state index in [1.54, 1.807) is 13.8 Å². The van der Waals surface area contributed by atoms with Gasteiger partial charge < -0.3 is 21.3 Å². The summed E-state index contributed by atoms with van der Waals surface area (Å²) in [4.78, 5) is 78.2. The van der Waals surface area contributed by atoms with Crippen molar-refractivity contribution in [2.75, 3.05) is 21.3 Å². The highest BCUT2D eigenvalue weighted by atomic mass is 35.5. The van der Waals surface area contributed by atoms with E-state index in [0.29, 0.717) is 11.1 Å². The van der Waals surface area contributed by atoms with Crippen LogP contribution >= 0.6 is 92.8 Å². The molecule has 5 rings (SSSR count). The number of nitrogens with one attached hydrogen (secondary N) is 4. The van der Waals surface area contributed by atoms with Gasteiger partial charge in [0.05, 0.1) is 42.8 Å². The average Bonchev–Trinajstić information content (AvgIpc) is 3.20. The fourth-order valence-electron chi connectivity index (χ4n) is 5.59. The molecule has 2 atom stereocenters. The topological polar surface area (TPSA) is 200 Å². The van der Waals surface area contributed by atoms with Crippen molar-refractivity contribution < 1.29 is 28.8 Å². The molecule has 0 aliphatic heterocycles. The van der Waals surface area contributed by atoms with Gasteiger partial charge in [-0.3, -0.25) is 28.8 Å². The Balaban J connectivity index is 1.27. The second kappa shape index (κ2) is 21.7. The molecule has 0 saturated heterocycles. The standard InChI is InChI=1S/C42H30Cl8N8O6/c1-17-18(2)32(52-42(64)38(20(4)60)58-56-28-10-22(8-24(44)12-28)40(62)54-34-16-26(46)14-30(48)36(34)50)6-5-31(17)51-41(63)37(19(3)59)57-55-27-9-21(7-23(43)11-27)39(61)53-33-15-25(45)13-29(47)35(33)49/h5-16,37-38H,1-4H3,(H,51,63)(H,52,64)(H,53,61)(H,54,62). The molecule has 0 aliphatic rings. The van der Waals surface area contributed by atoms with Crippen LogP contribution in [0.2, 0.25) is 40.2 Å². The number of carbonyl (C=O) groups excluding carboxylic acids is 6. The van der Waals surface area contributed by atoms with Crippen LogP contribution < -0.4 is 21.3 Å². The van der Waals surface area contributed by atoms with Crippen LogP contribution in [0.3, 0.4) is 0 Å². The van der Waals surface area contributed by atoms with Crippen molar-refractivity contribution in [3.8, 4) is 0 Å². The van der Waals surface area contributed by atoms with Gasteiger partial charge in [-0.25, -0.2) is 0 Å². The lowest BCUT2D eigenvalue weighted by Gasteiger charge is -2.17. The quantitative estimate of drug-likeness (QED) is 0.0484. The second-order valence-corrected chi connectivity index (χ2v) is 17.0. The zero-order valence-corrected chi connectivity index (χ0v) is 39.4. The molecule has 14 nitrogen and oxygen atoms in total. The van der Waals surface area contributed by atoms with Crippen molar-refractivity contribution in [3.05, 3.63) is 135 Å². The summed E-state index contributed by atoms with van der Waals surface area (Å²) >= 11 is 49.2. The number of Topliss-reactive ketones (excluding diaryl/α,β-unsaturated/α-hetero) is 2. The largest absolute Gasteiger partial charge is 0.324 e. The molecular weight excluding hydrogens is 996 g/mol. The molecule has 64 heavy (non-hydrogen) atoms. The number of hydrogen-bond donors (Lipinski definition) is 4. The van der Waals surface area contributed by atoms with Gasteiger partial charge in [0, 0.05) is 42.6 Å². The van der Waals surface area contributed by atoms with E-state index in [1.165, 1.54) is 72.8 Å². The van der Waals surface area contributed by atoms with Crippen molar-refractivity contribution in [2.24, 2.45) is 20.5 Å². The normalized spacial score (nSPS) is 12.2. The Morgan fingerprint density at radius 2 is 0.797 bits per heavy atom. The SMILES string of the molecule is CC(=O)C(N=Nc1cc(Cl)cc(C(=O)Nc2cc(Cl)cc(Cl)c2Cl)c1)C(=O)Nc1ccc(NC(=O)C(N=Nc2cc(Cl)cc(C(=O)Nc3cc(Cl)cc(Cl)c3Cl)c2)C(C)=O)c(C)c1C. The smallest absolute Gasteiger partial charge is 0.258 e.